The van der Waals surface area contributed by atoms with Crippen LogP contribution in [-0.2, 0) is 11.8 Å². The SMILES string of the molecule is Cn1ccc2c(c1=O)=CCC(N1C[C@@H]3C[C@@H]3C3C=C(C(=O)N4CCC(F)(F)CC4)C=NC31)C=2. The van der Waals surface area contributed by atoms with Gasteiger partial charge in [0.1, 0.15) is 6.17 Å². The lowest BCUT2D eigenvalue weighted by atomic mass is 9.87. The molecule has 174 valence electrons. The van der Waals surface area contributed by atoms with Gasteiger partial charge in [-0.25, -0.2) is 8.78 Å². The molecule has 5 atom stereocenters. The molecule has 4 heterocycles. The summed E-state index contributed by atoms with van der Waals surface area (Å²) in [6.45, 7) is 1.15. The van der Waals surface area contributed by atoms with E-state index in [1.54, 1.807) is 28.9 Å². The third kappa shape index (κ3) is 3.59. The molecule has 0 N–H and O–H groups in total. The van der Waals surface area contributed by atoms with Gasteiger partial charge in [-0.1, -0.05) is 18.2 Å². The van der Waals surface area contributed by atoms with Gasteiger partial charge in [-0.3, -0.25) is 19.5 Å². The summed E-state index contributed by atoms with van der Waals surface area (Å²) in [6.07, 6.45) is 11.1. The van der Waals surface area contributed by atoms with E-state index in [1.165, 1.54) is 0 Å². The van der Waals surface area contributed by atoms with E-state index in [2.05, 4.69) is 17.1 Å². The molecule has 3 aliphatic heterocycles. The van der Waals surface area contributed by atoms with Gasteiger partial charge in [-0.05, 0) is 36.0 Å². The normalized spacial score (nSPS) is 34.2. The van der Waals surface area contributed by atoms with Crippen molar-refractivity contribution in [2.24, 2.45) is 29.8 Å². The molecule has 1 aromatic rings. The molecule has 2 saturated heterocycles. The number of piperidine rings is 2. The number of halogens is 2. The zero-order valence-electron chi connectivity index (χ0n) is 18.7. The Bertz CT molecular complexity index is 1240. The lowest BCUT2D eigenvalue weighted by molar-refractivity contribution is -0.132. The third-order valence-corrected chi connectivity index (χ3v) is 8.07. The first kappa shape index (κ1) is 21.0. The number of carbonyl (C=O) groups is 1. The molecule has 0 bridgehead atoms. The highest BCUT2D eigenvalue weighted by atomic mass is 19.3. The molecule has 33 heavy (non-hydrogen) atoms. The zero-order valence-corrected chi connectivity index (χ0v) is 18.7. The molecular weight excluding hydrogens is 426 g/mol. The number of alkyl halides is 2. The number of aromatic nitrogens is 1. The Kier molecular flexibility index (Phi) is 4.73. The number of rotatable bonds is 2. The first-order valence-corrected chi connectivity index (χ1v) is 11.9. The molecule has 2 aliphatic carbocycles. The first-order chi connectivity index (χ1) is 15.8. The Morgan fingerprint density at radius 3 is 2.79 bits per heavy atom. The second kappa shape index (κ2) is 7.45. The first-order valence-electron chi connectivity index (χ1n) is 11.9. The van der Waals surface area contributed by atoms with Crippen LogP contribution in [0.4, 0.5) is 8.78 Å². The van der Waals surface area contributed by atoms with Gasteiger partial charge in [0.2, 0.25) is 0 Å². The Morgan fingerprint density at radius 1 is 1.21 bits per heavy atom. The van der Waals surface area contributed by atoms with Gasteiger partial charge in [0.15, 0.2) is 0 Å². The second-order valence-corrected chi connectivity index (χ2v) is 10.2. The minimum absolute atomic E-state index is 0.0261. The number of carbonyl (C=O) groups excluding carboxylic acids is 1. The molecule has 6 rings (SSSR count). The predicted octanol–water partition coefficient (Wildman–Crippen LogP) is 0.881. The topological polar surface area (TPSA) is 57.9 Å². The molecule has 0 aromatic carbocycles. The Hall–Kier alpha value is -2.61. The summed E-state index contributed by atoms with van der Waals surface area (Å²) in [6, 6.07) is 2.15. The van der Waals surface area contributed by atoms with Crippen molar-refractivity contribution in [2.45, 2.75) is 43.8 Å². The van der Waals surface area contributed by atoms with E-state index >= 15 is 0 Å². The lowest BCUT2D eigenvalue weighted by Crippen LogP contribution is -2.54. The Balaban J connectivity index is 1.24. The van der Waals surface area contributed by atoms with Gasteiger partial charge in [0.05, 0.1) is 5.57 Å². The highest BCUT2D eigenvalue weighted by molar-refractivity contribution is 6.12. The quantitative estimate of drug-likeness (QED) is 0.667. The van der Waals surface area contributed by atoms with Gasteiger partial charge in [0.25, 0.3) is 17.4 Å². The maximum Gasteiger partial charge on any atom is 0.257 e. The molecule has 3 unspecified atom stereocenters. The van der Waals surface area contributed by atoms with Crippen LogP contribution in [0, 0.1) is 17.8 Å². The summed E-state index contributed by atoms with van der Waals surface area (Å²) in [5, 5.41) is 1.73. The van der Waals surface area contributed by atoms with Crippen LogP contribution < -0.4 is 16.0 Å². The maximum absolute atomic E-state index is 13.5. The number of hydrogen-bond acceptors (Lipinski definition) is 4. The summed E-state index contributed by atoms with van der Waals surface area (Å²) in [5.41, 5.74) is 0.570. The summed E-state index contributed by atoms with van der Waals surface area (Å²) < 4.78 is 28.6. The molecule has 1 aromatic heterocycles. The van der Waals surface area contributed by atoms with Crippen molar-refractivity contribution in [1.29, 1.82) is 0 Å². The number of aliphatic imine (C=N–C) groups is 1. The molecule has 8 heteroatoms. The molecule has 1 amide bonds. The van der Waals surface area contributed by atoms with Crippen LogP contribution in [0.25, 0.3) is 12.2 Å². The average Bonchev–Trinajstić information content (AvgIpc) is 3.60. The van der Waals surface area contributed by atoms with Gasteiger partial charge in [-0.2, -0.15) is 0 Å². The third-order valence-electron chi connectivity index (χ3n) is 8.07. The second-order valence-electron chi connectivity index (χ2n) is 10.2. The summed E-state index contributed by atoms with van der Waals surface area (Å²) in [7, 11) is 1.77. The van der Waals surface area contributed by atoms with Crippen molar-refractivity contribution in [3.63, 3.8) is 0 Å². The average molecular weight is 455 g/mol. The summed E-state index contributed by atoms with van der Waals surface area (Å²) in [5.74, 6) is -1.55. The molecule has 3 fully saturated rings. The number of aryl methyl sites for hydroxylation is 1. The standard InChI is InChI=1S/C25H28F2N4O2/c1-29-7-4-15-10-18(2-3-19(15)24(29)33)31-14-17-12-20(17)21-11-16(13-28-22(21)31)23(32)30-8-5-25(26,27)6-9-30/h3-4,7,10-11,13,17-18,20-22H,2,5-6,8-9,12,14H2,1H3/t17-,18?,20-,21?,22?/m0/s1. The van der Waals surface area contributed by atoms with Crippen LogP contribution in [0.3, 0.4) is 0 Å². The van der Waals surface area contributed by atoms with E-state index in [1.807, 2.05) is 12.1 Å². The molecule has 6 nitrogen and oxygen atoms in total. The van der Waals surface area contributed by atoms with Crippen molar-refractivity contribution >= 4 is 24.3 Å². The van der Waals surface area contributed by atoms with Crippen LogP contribution in [0.5, 0.6) is 0 Å². The number of fused-ring (bicyclic) bond motifs is 4. The highest BCUT2D eigenvalue weighted by Gasteiger charge is 2.53. The van der Waals surface area contributed by atoms with Gasteiger partial charge in [0, 0.05) is 69.1 Å². The van der Waals surface area contributed by atoms with Crippen molar-refractivity contribution in [3.8, 4) is 0 Å². The van der Waals surface area contributed by atoms with E-state index < -0.39 is 5.92 Å². The largest absolute Gasteiger partial charge is 0.338 e. The monoisotopic (exact) mass is 454 g/mol. The maximum atomic E-state index is 13.5. The fourth-order valence-electron chi connectivity index (χ4n) is 6.01. The van der Waals surface area contributed by atoms with Crippen molar-refractivity contribution in [1.82, 2.24) is 14.4 Å². The number of pyridine rings is 1. The Labute approximate surface area is 190 Å². The predicted molar refractivity (Wildman–Crippen MR) is 121 cm³/mol. The van der Waals surface area contributed by atoms with Crippen LogP contribution in [0.15, 0.2) is 33.7 Å². The molecule has 0 radical (unpaired) electrons. The number of likely N-dealkylation sites (tertiary alicyclic amines) is 2. The highest BCUT2D eigenvalue weighted by Crippen LogP contribution is 2.53. The molecule has 5 aliphatic rings. The van der Waals surface area contributed by atoms with Crippen LogP contribution in [0.1, 0.15) is 25.7 Å². The number of nitrogens with zero attached hydrogens (tertiary/aromatic N) is 4. The van der Waals surface area contributed by atoms with Crippen LogP contribution in [-0.4, -0.2) is 64.3 Å². The van der Waals surface area contributed by atoms with Crippen LogP contribution >= 0.6 is 0 Å². The van der Waals surface area contributed by atoms with Crippen molar-refractivity contribution < 1.29 is 13.6 Å². The van der Waals surface area contributed by atoms with Crippen molar-refractivity contribution in [2.75, 3.05) is 19.6 Å². The van der Waals surface area contributed by atoms with Crippen LogP contribution in [0.2, 0.25) is 0 Å². The van der Waals surface area contributed by atoms with Gasteiger partial charge >= 0.3 is 0 Å². The van der Waals surface area contributed by atoms with E-state index in [0.29, 0.717) is 17.4 Å². The smallest absolute Gasteiger partial charge is 0.257 e. The number of amides is 1. The zero-order chi connectivity index (χ0) is 22.9. The fourth-order valence-corrected chi connectivity index (χ4v) is 6.01. The van der Waals surface area contributed by atoms with E-state index in [0.717, 1.165) is 29.8 Å². The molecular formula is C25H28F2N4O2. The lowest BCUT2D eigenvalue weighted by Gasteiger charge is -2.43. The van der Waals surface area contributed by atoms with E-state index in [9.17, 15) is 18.4 Å². The Morgan fingerprint density at radius 2 is 2.00 bits per heavy atom. The van der Waals surface area contributed by atoms with Crippen molar-refractivity contribution in [3.05, 3.63) is 44.7 Å². The molecule has 1 saturated carbocycles. The minimum atomic E-state index is -2.67. The minimum Gasteiger partial charge on any atom is -0.338 e. The van der Waals surface area contributed by atoms with Gasteiger partial charge in [-0.15, -0.1) is 0 Å². The van der Waals surface area contributed by atoms with E-state index in [4.69, 9.17) is 4.99 Å². The number of hydrogen-bond donors (Lipinski definition) is 0. The fraction of sp³-hybridized carbons (Fsp3) is 0.560. The molecule has 0 spiro atoms. The summed E-state index contributed by atoms with van der Waals surface area (Å²) in [4.78, 5) is 34.2. The summed E-state index contributed by atoms with van der Waals surface area (Å²) >= 11 is 0. The van der Waals surface area contributed by atoms with Gasteiger partial charge < -0.3 is 9.47 Å². The van der Waals surface area contributed by atoms with E-state index in [-0.39, 0.29) is 55.5 Å². The number of dihydropyridines is 1.